The lowest BCUT2D eigenvalue weighted by Gasteiger charge is -2.19. The van der Waals surface area contributed by atoms with Crippen molar-refractivity contribution < 1.29 is 23.5 Å². The number of nitrogens with zero attached hydrogens (tertiary/aromatic N) is 1. The van der Waals surface area contributed by atoms with Crippen LogP contribution in [0.1, 0.15) is 0 Å². The van der Waals surface area contributed by atoms with E-state index in [0.717, 1.165) is 4.90 Å². The molecule has 0 aliphatic carbocycles. The molecule has 1 N–H and O–H groups in total. The van der Waals surface area contributed by atoms with Gasteiger partial charge in [-0.15, -0.1) is 0 Å². The number of hydrogen-bond donors (Lipinski definition) is 1. The summed E-state index contributed by atoms with van der Waals surface area (Å²) in [7, 11) is 2.88. The molecule has 0 atom stereocenters. The van der Waals surface area contributed by atoms with Crippen LogP contribution in [-0.2, 0) is 9.59 Å². The van der Waals surface area contributed by atoms with Crippen LogP contribution in [0.3, 0.4) is 0 Å². The number of imide groups is 1. The van der Waals surface area contributed by atoms with E-state index in [4.69, 9.17) is 21.1 Å². The summed E-state index contributed by atoms with van der Waals surface area (Å²) in [6.07, 6.45) is 0. The van der Waals surface area contributed by atoms with E-state index in [1.54, 1.807) is 12.1 Å². The van der Waals surface area contributed by atoms with Crippen LogP contribution in [0.2, 0.25) is 0 Å². The van der Waals surface area contributed by atoms with Crippen molar-refractivity contribution in [1.82, 2.24) is 0 Å². The molecule has 134 valence electrons. The quantitative estimate of drug-likeness (QED) is 0.811. The summed E-state index contributed by atoms with van der Waals surface area (Å²) < 4.78 is 23.4. The highest BCUT2D eigenvalue weighted by Gasteiger charge is 2.40. The molecule has 0 spiro atoms. The van der Waals surface area contributed by atoms with Gasteiger partial charge in [-0.25, -0.2) is 9.29 Å². The monoisotopic (exact) mass is 376 g/mol. The Hall–Kier alpha value is -3.06. The summed E-state index contributed by atoms with van der Waals surface area (Å²) in [4.78, 5) is 26.3. The highest BCUT2D eigenvalue weighted by atomic mass is 35.5. The molecule has 1 aliphatic heterocycles. The van der Waals surface area contributed by atoms with E-state index in [-0.39, 0.29) is 16.4 Å². The minimum Gasteiger partial charge on any atom is -0.497 e. The zero-order valence-corrected chi connectivity index (χ0v) is 14.6. The van der Waals surface area contributed by atoms with Crippen LogP contribution >= 0.6 is 11.6 Å². The lowest BCUT2D eigenvalue weighted by Crippen LogP contribution is -2.32. The van der Waals surface area contributed by atoms with Crippen LogP contribution in [-0.4, -0.2) is 26.0 Å². The molecule has 2 amide bonds. The fraction of sp³-hybridized carbons (Fsp3) is 0.111. The second-order valence-electron chi connectivity index (χ2n) is 5.30. The number of anilines is 2. The number of carbonyl (C=O) groups is 2. The maximum absolute atomic E-state index is 13.0. The molecule has 26 heavy (non-hydrogen) atoms. The van der Waals surface area contributed by atoms with Crippen LogP contribution in [0, 0.1) is 5.82 Å². The molecular weight excluding hydrogens is 363 g/mol. The first-order chi connectivity index (χ1) is 12.5. The van der Waals surface area contributed by atoms with Crippen LogP contribution in [0.15, 0.2) is 53.2 Å². The van der Waals surface area contributed by atoms with Gasteiger partial charge >= 0.3 is 0 Å². The fourth-order valence-corrected chi connectivity index (χ4v) is 2.69. The molecule has 1 heterocycles. The maximum Gasteiger partial charge on any atom is 0.283 e. The second-order valence-corrected chi connectivity index (χ2v) is 5.68. The summed E-state index contributed by atoms with van der Waals surface area (Å²) in [5.74, 6) is -1.03. The molecule has 2 aromatic carbocycles. The van der Waals surface area contributed by atoms with Gasteiger partial charge in [0, 0.05) is 11.8 Å². The zero-order chi connectivity index (χ0) is 18.8. The largest absolute Gasteiger partial charge is 0.497 e. The van der Waals surface area contributed by atoms with Crippen LogP contribution in [0.25, 0.3) is 0 Å². The number of ether oxygens (including phenoxy) is 2. The van der Waals surface area contributed by atoms with Gasteiger partial charge in [-0.3, -0.25) is 9.59 Å². The lowest BCUT2D eigenvalue weighted by molar-refractivity contribution is -0.120. The normalized spacial score (nSPS) is 14.1. The van der Waals surface area contributed by atoms with Gasteiger partial charge in [0.2, 0.25) is 0 Å². The van der Waals surface area contributed by atoms with Gasteiger partial charge in [-0.05, 0) is 36.4 Å². The first-order valence-corrected chi connectivity index (χ1v) is 7.87. The molecule has 1 aliphatic rings. The third kappa shape index (κ3) is 3.09. The third-order valence-corrected chi connectivity index (χ3v) is 4.12. The Bertz CT molecular complexity index is 912. The predicted molar refractivity (Wildman–Crippen MR) is 94.9 cm³/mol. The van der Waals surface area contributed by atoms with Crippen LogP contribution in [0.5, 0.6) is 11.5 Å². The average Bonchev–Trinajstić information content (AvgIpc) is 2.86. The van der Waals surface area contributed by atoms with Gasteiger partial charge in [0.05, 0.1) is 19.9 Å². The van der Waals surface area contributed by atoms with E-state index in [1.165, 1.54) is 44.6 Å². The van der Waals surface area contributed by atoms with Crippen molar-refractivity contribution in [2.75, 3.05) is 24.4 Å². The van der Waals surface area contributed by atoms with Gasteiger partial charge < -0.3 is 14.8 Å². The molecule has 6 nitrogen and oxygen atoms in total. The molecule has 3 rings (SSSR count). The predicted octanol–water partition coefficient (Wildman–Crippen LogP) is 3.28. The van der Waals surface area contributed by atoms with Gasteiger partial charge in [0.25, 0.3) is 11.8 Å². The Kier molecular flexibility index (Phi) is 4.81. The van der Waals surface area contributed by atoms with Gasteiger partial charge in [0.1, 0.15) is 28.0 Å². The number of methoxy groups -OCH3 is 2. The third-order valence-electron chi connectivity index (χ3n) is 3.77. The minimum absolute atomic E-state index is 0.104. The fourth-order valence-electron chi connectivity index (χ4n) is 2.48. The van der Waals surface area contributed by atoms with E-state index < -0.39 is 17.6 Å². The SMILES string of the molecule is COc1ccc(OC)c(N2C(=O)C(Cl)=C(Nc3ccc(F)cc3)C2=O)c1. The first-order valence-electron chi connectivity index (χ1n) is 7.49. The number of hydrogen-bond acceptors (Lipinski definition) is 5. The molecule has 0 saturated carbocycles. The summed E-state index contributed by atoms with van der Waals surface area (Å²) in [6.45, 7) is 0. The second kappa shape index (κ2) is 7.05. The smallest absolute Gasteiger partial charge is 0.283 e. The molecule has 0 radical (unpaired) electrons. The lowest BCUT2D eigenvalue weighted by atomic mass is 10.2. The number of nitrogens with one attached hydrogen (secondary N) is 1. The van der Waals surface area contributed by atoms with Gasteiger partial charge in [-0.1, -0.05) is 11.6 Å². The molecule has 8 heteroatoms. The molecule has 0 saturated heterocycles. The van der Waals surface area contributed by atoms with Crippen molar-refractivity contribution in [3.05, 3.63) is 59.0 Å². The van der Waals surface area contributed by atoms with E-state index in [9.17, 15) is 14.0 Å². The molecule has 0 fully saturated rings. The Labute approximate surface area is 153 Å². The summed E-state index contributed by atoms with van der Waals surface area (Å²) in [5.41, 5.74) is 0.518. The van der Waals surface area contributed by atoms with Crippen molar-refractivity contribution in [2.24, 2.45) is 0 Å². The average molecular weight is 377 g/mol. The Balaban J connectivity index is 1.97. The maximum atomic E-state index is 13.0. The number of benzene rings is 2. The molecule has 0 bridgehead atoms. The van der Waals surface area contributed by atoms with Crippen molar-refractivity contribution in [2.45, 2.75) is 0 Å². The topological polar surface area (TPSA) is 67.9 Å². The minimum atomic E-state index is -0.701. The van der Waals surface area contributed by atoms with Crippen molar-refractivity contribution in [3.8, 4) is 11.5 Å². The Morgan fingerprint density at radius 2 is 1.69 bits per heavy atom. The van der Waals surface area contributed by atoms with Crippen molar-refractivity contribution in [1.29, 1.82) is 0 Å². The van der Waals surface area contributed by atoms with Crippen LogP contribution < -0.4 is 19.7 Å². The molecule has 0 aromatic heterocycles. The highest BCUT2D eigenvalue weighted by molar-refractivity contribution is 6.53. The van der Waals surface area contributed by atoms with Crippen molar-refractivity contribution in [3.63, 3.8) is 0 Å². The van der Waals surface area contributed by atoms with Gasteiger partial charge in [0.15, 0.2) is 0 Å². The molecule has 0 unspecified atom stereocenters. The number of halogens is 2. The summed E-state index contributed by atoms with van der Waals surface area (Å²) in [6, 6.07) is 10.0. The van der Waals surface area contributed by atoms with E-state index in [0.29, 0.717) is 17.2 Å². The zero-order valence-electron chi connectivity index (χ0n) is 13.9. The standard InChI is InChI=1S/C18H14ClFN2O4/c1-25-12-7-8-14(26-2)13(9-12)22-17(23)15(19)16(18(22)24)21-11-5-3-10(20)4-6-11/h3-9,21H,1-2H3. The number of carbonyl (C=O) groups excluding carboxylic acids is 2. The van der Waals surface area contributed by atoms with E-state index in [2.05, 4.69) is 5.32 Å². The Morgan fingerprint density at radius 1 is 1.00 bits per heavy atom. The molecular formula is C18H14ClFN2O4. The van der Waals surface area contributed by atoms with E-state index >= 15 is 0 Å². The first kappa shape index (κ1) is 17.8. The number of amides is 2. The van der Waals surface area contributed by atoms with Crippen molar-refractivity contribution >= 4 is 34.8 Å². The Morgan fingerprint density at radius 3 is 2.31 bits per heavy atom. The van der Waals surface area contributed by atoms with Gasteiger partial charge in [-0.2, -0.15) is 0 Å². The van der Waals surface area contributed by atoms with Crippen LogP contribution in [0.4, 0.5) is 15.8 Å². The number of rotatable bonds is 5. The summed E-state index contributed by atoms with van der Waals surface area (Å²) in [5, 5.41) is 2.49. The van der Waals surface area contributed by atoms with E-state index in [1.807, 2.05) is 0 Å². The summed E-state index contributed by atoms with van der Waals surface area (Å²) >= 11 is 6.08. The molecule has 2 aromatic rings. The highest BCUT2D eigenvalue weighted by Crippen LogP contribution is 2.37.